The normalized spacial score (nSPS) is 11.4. The predicted octanol–water partition coefficient (Wildman–Crippen LogP) is 5.31. The Labute approximate surface area is 212 Å². The summed E-state index contributed by atoms with van der Waals surface area (Å²) >= 11 is 18.1. The van der Waals surface area contributed by atoms with Crippen molar-refractivity contribution in [2.75, 3.05) is 18.0 Å². The fourth-order valence-electron chi connectivity index (χ4n) is 2.90. The highest BCUT2D eigenvalue weighted by molar-refractivity contribution is 7.92. The van der Waals surface area contributed by atoms with E-state index in [2.05, 4.69) is 10.5 Å². The number of rotatable bonds is 8. The minimum atomic E-state index is -4.10. The maximum absolute atomic E-state index is 13.4. The van der Waals surface area contributed by atoms with Crippen LogP contribution < -0.4 is 14.5 Å². The van der Waals surface area contributed by atoms with E-state index in [4.69, 9.17) is 39.5 Å². The summed E-state index contributed by atoms with van der Waals surface area (Å²) < 4.78 is 32.9. The average molecular weight is 541 g/mol. The number of ether oxygens (including phenoxy) is 1. The molecular formula is C23H20Cl3N3O4S. The smallest absolute Gasteiger partial charge is 0.264 e. The number of methoxy groups -OCH3 is 1. The lowest BCUT2D eigenvalue weighted by molar-refractivity contribution is -0.119. The summed E-state index contributed by atoms with van der Waals surface area (Å²) in [6.07, 6.45) is 1.36. The molecule has 3 aromatic carbocycles. The zero-order chi connectivity index (χ0) is 24.9. The SMILES string of the molecule is COc1ccc(N(CC(=O)N/N=C\c2ccc(Cl)c(Cl)c2)S(=O)(=O)c2ccc(C)cc2)cc1Cl. The van der Waals surface area contributed by atoms with Gasteiger partial charge in [0, 0.05) is 0 Å². The van der Waals surface area contributed by atoms with Crippen LogP contribution >= 0.6 is 34.8 Å². The van der Waals surface area contributed by atoms with Gasteiger partial charge in [0.2, 0.25) is 0 Å². The third kappa shape index (κ3) is 6.21. The van der Waals surface area contributed by atoms with Gasteiger partial charge in [-0.3, -0.25) is 9.10 Å². The molecule has 0 spiro atoms. The molecule has 7 nitrogen and oxygen atoms in total. The van der Waals surface area contributed by atoms with E-state index < -0.39 is 22.5 Å². The van der Waals surface area contributed by atoms with Crippen LogP contribution in [0.1, 0.15) is 11.1 Å². The largest absolute Gasteiger partial charge is 0.495 e. The summed E-state index contributed by atoms with van der Waals surface area (Å²) in [5, 5.41) is 4.80. The molecule has 0 bridgehead atoms. The minimum Gasteiger partial charge on any atom is -0.495 e. The molecule has 34 heavy (non-hydrogen) atoms. The van der Waals surface area contributed by atoms with E-state index in [0.29, 0.717) is 21.4 Å². The molecule has 11 heteroatoms. The number of carbonyl (C=O) groups excluding carboxylic acids is 1. The number of amides is 1. The van der Waals surface area contributed by atoms with Crippen LogP contribution in [0.2, 0.25) is 15.1 Å². The highest BCUT2D eigenvalue weighted by Gasteiger charge is 2.27. The summed E-state index contributed by atoms with van der Waals surface area (Å²) in [7, 11) is -2.66. The molecule has 0 fully saturated rings. The van der Waals surface area contributed by atoms with Crippen molar-refractivity contribution < 1.29 is 17.9 Å². The van der Waals surface area contributed by atoms with E-state index in [1.54, 1.807) is 30.3 Å². The molecule has 0 atom stereocenters. The van der Waals surface area contributed by atoms with Gasteiger partial charge in [0.05, 0.1) is 39.0 Å². The summed E-state index contributed by atoms with van der Waals surface area (Å²) in [5.41, 5.74) is 4.01. The van der Waals surface area contributed by atoms with Gasteiger partial charge in [-0.2, -0.15) is 5.10 Å². The van der Waals surface area contributed by atoms with Crippen LogP contribution in [0.4, 0.5) is 5.69 Å². The van der Waals surface area contributed by atoms with Gasteiger partial charge >= 0.3 is 0 Å². The van der Waals surface area contributed by atoms with Crippen LogP contribution in [0.15, 0.2) is 70.7 Å². The number of nitrogens with zero attached hydrogens (tertiary/aromatic N) is 2. The number of aryl methyl sites for hydroxylation is 1. The standard InChI is InChI=1S/C23H20Cl3N3O4S/c1-15-3-7-18(8-4-15)34(31,32)29(17-6-10-22(33-2)21(26)12-17)14-23(30)28-27-13-16-5-9-19(24)20(25)11-16/h3-13H,14H2,1-2H3,(H,28,30)/b27-13-. The molecule has 0 aliphatic rings. The molecule has 0 radical (unpaired) electrons. The van der Waals surface area contributed by atoms with Crippen LogP contribution in [-0.2, 0) is 14.8 Å². The van der Waals surface area contributed by atoms with Crippen LogP contribution in [0, 0.1) is 6.92 Å². The lowest BCUT2D eigenvalue weighted by Crippen LogP contribution is -2.39. The number of nitrogens with one attached hydrogen (secondary N) is 1. The Morgan fingerprint density at radius 2 is 1.71 bits per heavy atom. The Kier molecular flexibility index (Phi) is 8.43. The van der Waals surface area contributed by atoms with E-state index in [9.17, 15) is 13.2 Å². The van der Waals surface area contributed by atoms with Crippen LogP contribution in [-0.4, -0.2) is 34.2 Å². The first kappa shape index (κ1) is 25.8. The molecule has 0 heterocycles. The first-order chi connectivity index (χ1) is 16.1. The van der Waals surface area contributed by atoms with Crippen molar-refractivity contribution in [1.82, 2.24) is 5.43 Å². The predicted molar refractivity (Wildman–Crippen MR) is 136 cm³/mol. The van der Waals surface area contributed by atoms with Gasteiger partial charge < -0.3 is 4.74 Å². The molecule has 178 valence electrons. The maximum Gasteiger partial charge on any atom is 0.264 e. The Morgan fingerprint density at radius 1 is 1.00 bits per heavy atom. The number of hydrazone groups is 1. The van der Waals surface area contributed by atoms with Crippen LogP contribution in [0.25, 0.3) is 0 Å². The van der Waals surface area contributed by atoms with E-state index in [0.717, 1.165) is 9.87 Å². The number of carbonyl (C=O) groups is 1. The fourth-order valence-corrected chi connectivity index (χ4v) is 4.87. The lowest BCUT2D eigenvalue weighted by atomic mass is 10.2. The Balaban J connectivity index is 1.88. The molecule has 0 unspecified atom stereocenters. The van der Waals surface area contributed by atoms with Gasteiger partial charge in [-0.05, 0) is 55.0 Å². The first-order valence-electron chi connectivity index (χ1n) is 9.81. The van der Waals surface area contributed by atoms with Crippen molar-refractivity contribution in [1.29, 1.82) is 0 Å². The van der Waals surface area contributed by atoms with Crippen LogP contribution in [0.5, 0.6) is 5.75 Å². The molecule has 0 aliphatic heterocycles. The van der Waals surface area contributed by atoms with E-state index >= 15 is 0 Å². The van der Waals surface area contributed by atoms with Gasteiger partial charge in [-0.25, -0.2) is 13.8 Å². The van der Waals surface area contributed by atoms with Crippen molar-refractivity contribution in [3.05, 3.63) is 86.9 Å². The summed E-state index contributed by atoms with van der Waals surface area (Å²) in [6, 6.07) is 15.6. The highest BCUT2D eigenvalue weighted by atomic mass is 35.5. The second kappa shape index (κ2) is 11.1. The molecule has 0 aromatic heterocycles. The lowest BCUT2D eigenvalue weighted by Gasteiger charge is -2.24. The van der Waals surface area contributed by atoms with Crippen LogP contribution in [0.3, 0.4) is 0 Å². The summed E-state index contributed by atoms with van der Waals surface area (Å²) in [6.45, 7) is 1.30. The topological polar surface area (TPSA) is 88.1 Å². The molecule has 0 aliphatic carbocycles. The van der Waals surface area contributed by atoms with E-state index in [-0.39, 0.29) is 15.6 Å². The summed E-state index contributed by atoms with van der Waals surface area (Å²) in [5.74, 6) is -0.298. The molecular weight excluding hydrogens is 521 g/mol. The first-order valence-corrected chi connectivity index (χ1v) is 12.4. The quantitative estimate of drug-likeness (QED) is 0.310. The molecule has 3 aromatic rings. The Hall–Kier alpha value is -2.78. The number of halogens is 3. The molecule has 0 saturated carbocycles. The number of hydrogen-bond donors (Lipinski definition) is 1. The van der Waals surface area contributed by atoms with Gasteiger partial charge in [0.1, 0.15) is 12.3 Å². The van der Waals surface area contributed by atoms with Crippen molar-refractivity contribution in [3.63, 3.8) is 0 Å². The van der Waals surface area contributed by atoms with Crippen molar-refractivity contribution in [2.24, 2.45) is 5.10 Å². The molecule has 1 amide bonds. The number of anilines is 1. The zero-order valence-electron chi connectivity index (χ0n) is 18.1. The van der Waals surface area contributed by atoms with Crippen molar-refractivity contribution in [2.45, 2.75) is 11.8 Å². The number of sulfonamides is 1. The second-order valence-electron chi connectivity index (χ2n) is 7.11. The van der Waals surface area contributed by atoms with Gasteiger partial charge in [0.25, 0.3) is 15.9 Å². The van der Waals surface area contributed by atoms with Gasteiger partial charge in [-0.15, -0.1) is 0 Å². The monoisotopic (exact) mass is 539 g/mol. The zero-order valence-corrected chi connectivity index (χ0v) is 21.2. The van der Waals surface area contributed by atoms with E-state index in [1.165, 1.54) is 43.7 Å². The number of hydrogen-bond acceptors (Lipinski definition) is 5. The maximum atomic E-state index is 13.4. The van der Waals surface area contributed by atoms with Gasteiger partial charge in [0.15, 0.2) is 0 Å². The highest BCUT2D eigenvalue weighted by Crippen LogP contribution is 2.32. The van der Waals surface area contributed by atoms with Crippen molar-refractivity contribution in [3.8, 4) is 5.75 Å². The molecule has 3 rings (SSSR count). The second-order valence-corrected chi connectivity index (χ2v) is 10.2. The average Bonchev–Trinajstić information content (AvgIpc) is 2.80. The van der Waals surface area contributed by atoms with E-state index in [1.807, 2.05) is 6.92 Å². The van der Waals surface area contributed by atoms with Crippen molar-refractivity contribution >= 4 is 62.6 Å². The number of benzene rings is 3. The third-order valence-electron chi connectivity index (χ3n) is 4.67. The molecule has 1 N–H and O–H groups in total. The van der Waals surface area contributed by atoms with Gasteiger partial charge in [-0.1, -0.05) is 58.6 Å². The third-order valence-corrected chi connectivity index (χ3v) is 7.49. The summed E-state index contributed by atoms with van der Waals surface area (Å²) in [4.78, 5) is 12.7. The molecule has 0 saturated heterocycles. The fraction of sp³-hybridized carbons (Fsp3) is 0.130. The Bertz CT molecular complexity index is 1330. The minimum absolute atomic E-state index is 0.0251. The Morgan fingerprint density at radius 3 is 2.32 bits per heavy atom.